The Morgan fingerprint density at radius 2 is 1.43 bits per heavy atom. The minimum absolute atomic E-state index is 0.125. The van der Waals surface area contributed by atoms with Crippen LogP contribution in [0.3, 0.4) is 0 Å². The van der Waals surface area contributed by atoms with Crippen molar-refractivity contribution in [1.82, 2.24) is 0 Å². The van der Waals surface area contributed by atoms with Gasteiger partial charge in [0.2, 0.25) is 0 Å². The van der Waals surface area contributed by atoms with Crippen LogP contribution in [0.25, 0.3) is 0 Å². The summed E-state index contributed by atoms with van der Waals surface area (Å²) in [7, 11) is 0. The molecule has 0 N–H and O–H groups in total. The van der Waals surface area contributed by atoms with Gasteiger partial charge in [0, 0.05) is 0 Å². The molecule has 0 aromatic heterocycles. The van der Waals surface area contributed by atoms with Crippen molar-refractivity contribution >= 4 is 9.51 Å². The summed E-state index contributed by atoms with van der Waals surface area (Å²) >= 11 is 0.569. The number of carbonyl (C=O) groups excluding carboxylic acids is 2. The summed E-state index contributed by atoms with van der Waals surface area (Å²) < 4.78 is -0.250. The van der Waals surface area contributed by atoms with Crippen molar-refractivity contribution in [3.63, 3.8) is 0 Å². The molecule has 3 heteroatoms. The molecule has 0 radical (unpaired) electrons. The van der Waals surface area contributed by atoms with Crippen molar-refractivity contribution in [2.45, 2.75) is 13.8 Å². The van der Waals surface area contributed by atoms with E-state index < -0.39 is 0 Å². The Kier molecular flexibility index (Phi) is 2.85. The second kappa shape index (κ2) is 2.92. The molecule has 0 aromatic carbocycles. The monoisotopic (exact) mass is 144 g/mol. The van der Waals surface area contributed by atoms with E-state index in [1.54, 1.807) is 0 Å². The molecule has 44 valence electrons. The average Bonchev–Trinajstić information content (AvgIpc) is 1.27. The van der Waals surface area contributed by atoms with Gasteiger partial charge in [0.25, 0.3) is 0 Å². The van der Waals surface area contributed by atoms with E-state index in [9.17, 15) is 9.59 Å². The zero-order valence-corrected chi connectivity index (χ0v) is 5.12. The molecule has 0 atom stereocenters. The molecule has 7 heavy (non-hydrogen) atoms. The van der Waals surface area contributed by atoms with Crippen LogP contribution in [0.1, 0.15) is 13.8 Å². The van der Waals surface area contributed by atoms with E-state index >= 15 is 0 Å². The van der Waals surface area contributed by atoms with E-state index in [0.29, 0.717) is 14.4 Å². The molecule has 0 aliphatic heterocycles. The van der Waals surface area contributed by atoms with Crippen LogP contribution in [0.2, 0.25) is 0 Å². The first-order chi connectivity index (χ1) is 3.13. The van der Waals surface area contributed by atoms with Crippen molar-refractivity contribution in [3.05, 3.63) is 0 Å². The van der Waals surface area contributed by atoms with Gasteiger partial charge in [0.15, 0.2) is 0 Å². The molecule has 0 aromatic rings. The van der Waals surface area contributed by atoms with Gasteiger partial charge in [-0.15, -0.1) is 0 Å². The zero-order chi connectivity index (χ0) is 5.86. The van der Waals surface area contributed by atoms with Gasteiger partial charge in [-0.3, -0.25) is 0 Å². The summed E-state index contributed by atoms with van der Waals surface area (Å²) in [4.78, 5) is 20.0. The summed E-state index contributed by atoms with van der Waals surface area (Å²) in [6.07, 6.45) is 0. The van der Waals surface area contributed by atoms with Crippen LogP contribution in [0.4, 0.5) is 0 Å². The molecule has 0 aliphatic rings. The number of hydrogen-bond acceptors (Lipinski definition) is 2. The van der Waals surface area contributed by atoms with Gasteiger partial charge in [0.1, 0.15) is 0 Å². The second-order valence-electron chi connectivity index (χ2n) is 0.933. The number of carbonyl (C=O) groups is 2. The van der Waals surface area contributed by atoms with Gasteiger partial charge < -0.3 is 0 Å². The first kappa shape index (κ1) is 6.83. The number of rotatable bonds is 2. The Bertz CT molecular complexity index is 85.9. The van der Waals surface area contributed by atoms with Gasteiger partial charge in [0.05, 0.1) is 0 Å². The van der Waals surface area contributed by atoms with E-state index in [1.807, 2.05) is 0 Å². The molecule has 2 nitrogen and oxygen atoms in total. The van der Waals surface area contributed by atoms with E-state index in [2.05, 4.69) is 0 Å². The second-order valence-corrected chi connectivity index (χ2v) is 2.57. The third kappa shape index (κ3) is 5.83. The van der Waals surface area contributed by atoms with Crippen LogP contribution in [-0.2, 0) is 24.0 Å². The van der Waals surface area contributed by atoms with E-state index in [0.717, 1.165) is 0 Å². The van der Waals surface area contributed by atoms with Gasteiger partial charge in [-0.1, -0.05) is 0 Å². The molecule has 0 amide bonds. The van der Waals surface area contributed by atoms with Crippen LogP contribution in [0, 0.1) is 0 Å². The molecular formula is C4H6NiO2. The topological polar surface area (TPSA) is 34.1 Å². The van der Waals surface area contributed by atoms with Gasteiger partial charge in [-0.2, -0.15) is 0 Å². The predicted molar refractivity (Wildman–Crippen MR) is 21.4 cm³/mol. The number of hydrogen-bond donors (Lipinski definition) is 0. The summed E-state index contributed by atoms with van der Waals surface area (Å²) in [5.74, 6) is 0. The molecule has 0 unspecified atom stereocenters. The Morgan fingerprint density at radius 1 is 1.14 bits per heavy atom. The van der Waals surface area contributed by atoms with E-state index in [4.69, 9.17) is 0 Å². The fraction of sp³-hybridized carbons (Fsp3) is 0.500. The van der Waals surface area contributed by atoms with Gasteiger partial charge in [-0.05, 0) is 0 Å². The first-order valence-electron chi connectivity index (χ1n) is 1.72. The molecule has 0 saturated heterocycles. The van der Waals surface area contributed by atoms with Crippen molar-refractivity contribution < 1.29 is 24.0 Å². The van der Waals surface area contributed by atoms with Crippen LogP contribution in [0.15, 0.2) is 0 Å². The molecule has 0 spiro atoms. The maximum absolute atomic E-state index is 10.0. The quantitative estimate of drug-likeness (QED) is 0.518. The van der Waals surface area contributed by atoms with Crippen LogP contribution < -0.4 is 0 Å². The van der Waals surface area contributed by atoms with Crippen molar-refractivity contribution in [3.8, 4) is 0 Å². The van der Waals surface area contributed by atoms with Gasteiger partial charge in [-0.25, -0.2) is 0 Å². The first-order valence-corrected chi connectivity index (χ1v) is 2.71. The molecular weight excluding hydrogens is 139 g/mol. The summed E-state index contributed by atoms with van der Waals surface area (Å²) in [6.45, 7) is 2.75. The van der Waals surface area contributed by atoms with Crippen LogP contribution in [-0.4, -0.2) is 9.51 Å². The molecule has 0 bridgehead atoms. The van der Waals surface area contributed by atoms with Crippen LogP contribution in [0.5, 0.6) is 0 Å². The van der Waals surface area contributed by atoms with E-state index in [-0.39, 0.29) is 9.51 Å². The molecule has 0 aliphatic carbocycles. The predicted octanol–water partition coefficient (Wildman–Crippen LogP) is 0.162. The summed E-state index contributed by atoms with van der Waals surface area (Å²) in [6, 6.07) is 0. The van der Waals surface area contributed by atoms with Gasteiger partial charge >= 0.3 is 47.4 Å². The third-order valence-corrected chi connectivity index (χ3v) is 0.918. The van der Waals surface area contributed by atoms with E-state index in [1.165, 1.54) is 13.8 Å². The molecule has 0 heterocycles. The Hall–Kier alpha value is -0.166. The Morgan fingerprint density at radius 3 is 1.43 bits per heavy atom. The summed E-state index contributed by atoms with van der Waals surface area (Å²) in [5.41, 5.74) is 0. The average molecular weight is 145 g/mol. The molecule has 0 saturated carbocycles. The van der Waals surface area contributed by atoms with Crippen LogP contribution >= 0.6 is 0 Å². The Balaban J connectivity index is 3.32. The maximum atomic E-state index is 10.0. The zero-order valence-electron chi connectivity index (χ0n) is 4.13. The minimum atomic E-state index is -0.125. The molecule has 0 fully saturated rings. The normalized spacial score (nSPS) is 8.86. The van der Waals surface area contributed by atoms with Crippen molar-refractivity contribution in [2.75, 3.05) is 0 Å². The fourth-order valence-corrected chi connectivity index (χ4v) is 0.646. The summed E-state index contributed by atoms with van der Waals surface area (Å²) in [5, 5.41) is 0. The fourth-order valence-electron chi connectivity index (χ4n) is 0.157. The SMILES string of the molecule is C[C](=O)[Ni][C](C)=O. The third-order valence-electron chi connectivity index (χ3n) is 0.223. The van der Waals surface area contributed by atoms with Crippen molar-refractivity contribution in [1.29, 1.82) is 0 Å². The Labute approximate surface area is 48.1 Å². The molecule has 0 rings (SSSR count). The standard InChI is InChI=1S/2C2H3O.Ni/c2*1-2-3;/h2*1H3;. The van der Waals surface area contributed by atoms with Crippen molar-refractivity contribution in [2.24, 2.45) is 0 Å².